The fourth-order valence-electron chi connectivity index (χ4n) is 2.47. The van der Waals surface area contributed by atoms with Crippen molar-refractivity contribution in [3.05, 3.63) is 42.7 Å². The van der Waals surface area contributed by atoms with Crippen molar-refractivity contribution in [3.8, 4) is 5.75 Å². The summed E-state index contributed by atoms with van der Waals surface area (Å²) in [5.74, 6) is 0.707. The maximum atomic E-state index is 10.6. The van der Waals surface area contributed by atoms with Gasteiger partial charge in [0, 0.05) is 5.56 Å². The monoisotopic (exact) mass is 500 g/mol. The number of rotatable bonds is 27. The molecular weight excluding hydrogens is 460 g/mol. The van der Waals surface area contributed by atoms with Crippen molar-refractivity contribution in [1.29, 1.82) is 0 Å². The Morgan fingerprint density at radius 1 is 0.514 bits per heavy atom. The highest BCUT2D eigenvalue weighted by molar-refractivity contribution is 5.74. The molecule has 0 aromatic heterocycles. The van der Waals surface area contributed by atoms with Crippen LogP contribution in [0.4, 0.5) is 0 Å². The van der Waals surface area contributed by atoms with Gasteiger partial charge in [-0.1, -0.05) is 6.58 Å². The number of carbonyl (C=O) groups is 1. The first-order valence-electron chi connectivity index (χ1n) is 11.8. The molecular formula is C25H40O10. The number of ether oxygens (including phenoxy) is 9. The Balaban J connectivity index is 1.68. The van der Waals surface area contributed by atoms with E-state index >= 15 is 0 Å². The minimum Gasteiger partial charge on any atom is -0.499 e. The zero-order chi connectivity index (χ0) is 25.1. The van der Waals surface area contributed by atoms with Crippen LogP contribution in [0.5, 0.6) is 5.75 Å². The van der Waals surface area contributed by atoms with Crippen LogP contribution in [0.2, 0.25) is 0 Å². The molecule has 0 aliphatic heterocycles. The first-order valence-corrected chi connectivity index (χ1v) is 11.8. The molecule has 0 amide bonds. The molecule has 0 fully saturated rings. The SMILES string of the molecule is C=COCCOCCOCCOCCOCCOCCOCCOCCOc1ccc(C=O)cc1. The highest BCUT2D eigenvalue weighted by atomic mass is 16.6. The molecule has 0 spiro atoms. The van der Waals surface area contributed by atoms with Crippen molar-refractivity contribution in [2.75, 3.05) is 106 Å². The van der Waals surface area contributed by atoms with E-state index in [-0.39, 0.29) is 0 Å². The summed E-state index contributed by atoms with van der Waals surface area (Å²) in [6.45, 7) is 11.5. The van der Waals surface area contributed by atoms with Gasteiger partial charge in [0.2, 0.25) is 0 Å². The summed E-state index contributed by atoms with van der Waals surface area (Å²) >= 11 is 0. The molecule has 0 N–H and O–H groups in total. The van der Waals surface area contributed by atoms with Crippen LogP contribution in [-0.4, -0.2) is 112 Å². The Bertz CT molecular complexity index is 596. The van der Waals surface area contributed by atoms with E-state index in [1.165, 1.54) is 6.26 Å². The molecule has 0 heterocycles. The summed E-state index contributed by atoms with van der Waals surface area (Å²) in [4.78, 5) is 10.6. The van der Waals surface area contributed by atoms with Gasteiger partial charge >= 0.3 is 0 Å². The number of carbonyl (C=O) groups excluding carboxylic acids is 1. The third-order valence-electron chi connectivity index (χ3n) is 4.21. The maximum absolute atomic E-state index is 10.6. The molecule has 10 nitrogen and oxygen atoms in total. The smallest absolute Gasteiger partial charge is 0.150 e. The molecule has 35 heavy (non-hydrogen) atoms. The maximum Gasteiger partial charge on any atom is 0.150 e. The molecule has 10 heteroatoms. The van der Waals surface area contributed by atoms with Crippen molar-refractivity contribution < 1.29 is 47.4 Å². The average molecular weight is 501 g/mol. The van der Waals surface area contributed by atoms with Crippen molar-refractivity contribution in [2.24, 2.45) is 0 Å². The summed E-state index contributed by atoms with van der Waals surface area (Å²) in [5, 5.41) is 0. The predicted octanol–water partition coefficient (Wildman–Crippen LogP) is 2.15. The van der Waals surface area contributed by atoms with E-state index in [0.29, 0.717) is 117 Å². The first-order chi connectivity index (χ1) is 17.4. The first kappa shape index (κ1) is 31.0. The Hall–Kier alpha value is -2.05. The molecule has 0 aliphatic rings. The highest BCUT2D eigenvalue weighted by Gasteiger charge is 1.97. The van der Waals surface area contributed by atoms with E-state index in [2.05, 4.69) is 6.58 Å². The number of benzene rings is 1. The van der Waals surface area contributed by atoms with Gasteiger partial charge in [-0.15, -0.1) is 0 Å². The second-order valence-electron chi connectivity index (χ2n) is 6.86. The Kier molecular flexibility index (Phi) is 22.2. The Labute approximate surface area is 208 Å². The fourth-order valence-corrected chi connectivity index (χ4v) is 2.47. The third kappa shape index (κ3) is 21.0. The molecule has 200 valence electrons. The van der Waals surface area contributed by atoms with Crippen molar-refractivity contribution in [2.45, 2.75) is 0 Å². The van der Waals surface area contributed by atoms with Gasteiger partial charge in [0.15, 0.2) is 0 Å². The van der Waals surface area contributed by atoms with Crippen LogP contribution in [0.15, 0.2) is 37.1 Å². The van der Waals surface area contributed by atoms with Gasteiger partial charge in [-0.05, 0) is 24.3 Å². The molecule has 1 aromatic rings. The summed E-state index contributed by atoms with van der Waals surface area (Å²) in [7, 11) is 0. The van der Waals surface area contributed by atoms with E-state index in [9.17, 15) is 4.79 Å². The number of hydrogen-bond acceptors (Lipinski definition) is 10. The largest absolute Gasteiger partial charge is 0.499 e. The minimum atomic E-state index is 0.436. The lowest BCUT2D eigenvalue weighted by Crippen LogP contribution is -2.15. The third-order valence-corrected chi connectivity index (χ3v) is 4.21. The Morgan fingerprint density at radius 3 is 1.20 bits per heavy atom. The van der Waals surface area contributed by atoms with Crippen LogP contribution in [0.1, 0.15) is 10.4 Å². The highest BCUT2D eigenvalue weighted by Crippen LogP contribution is 2.10. The van der Waals surface area contributed by atoms with Crippen LogP contribution >= 0.6 is 0 Å². The predicted molar refractivity (Wildman–Crippen MR) is 129 cm³/mol. The van der Waals surface area contributed by atoms with Gasteiger partial charge in [-0.25, -0.2) is 0 Å². The van der Waals surface area contributed by atoms with Gasteiger partial charge in [0.1, 0.15) is 25.2 Å². The lowest BCUT2D eigenvalue weighted by atomic mass is 10.2. The molecule has 1 aromatic carbocycles. The molecule has 0 aliphatic carbocycles. The van der Waals surface area contributed by atoms with Crippen LogP contribution in [0, 0.1) is 0 Å². The Morgan fingerprint density at radius 2 is 0.857 bits per heavy atom. The van der Waals surface area contributed by atoms with E-state index in [4.69, 9.17) is 42.6 Å². The van der Waals surface area contributed by atoms with Crippen LogP contribution in [0.25, 0.3) is 0 Å². The second kappa shape index (κ2) is 25.1. The van der Waals surface area contributed by atoms with Gasteiger partial charge in [-0.2, -0.15) is 0 Å². The summed E-state index contributed by atoms with van der Waals surface area (Å²) < 4.78 is 48.3. The quantitative estimate of drug-likeness (QED) is 0.101. The van der Waals surface area contributed by atoms with Gasteiger partial charge in [0.05, 0.1) is 98.8 Å². The zero-order valence-corrected chi connectivity index (χ0v) is 20.6. The van der Waals surface area contributed by atoms with Crippen LogP contribution in [0.3, 0.4) is 0 Å². The van der Waals surface area contributed by atoms with Gasteiger partial charge in [-0.3, -0.25) is 4.79 Å². The topological polar surface area (TPSA) is 100 Å². The van der Waals surface area contributed by atoms with Crippen LogP contribution < -0.4 is 4.74 Å². The molecule has 0 atom stereocenters. The average Bonchev–Trinajstić information content (AvgIpc) is 2.89. The van der Waals surface area contributed by atoms with Crippen molar-refractivity contribution in [3.63, 3.8) is 0 Å². The summed E-state index contributed by atoms with van der Waals surface area (Å²) in [6, 6.07) is 6.93. The molecule has 0 radical (unpaired) electrons. The van der Waals surface area contributed by atoms with E-state index in [1.54, 1.807) is 24.3 Å². The molecule has 0 unspecified atom stereocenters. The zero-order valence-electron chi connectivity index (χ0n) is 20.6. The van der Waals surface area contributed by atoms with Crippen LogP contribution in [-0.2, 0) is 37.9 Å². The summed E-state index contributed by atoms with van der Waals surface area (Å²) in [6.07, 6.45) is 2.19. The fraction of sp³-hybridized carbons (Fsp3) is 0.640. The van der Waals surface area contributed by atoms with Crippen molar-refractivity contribution in [1.82, 2.24) is 0 Å². The second-order valence-corrected chi connectivity index (χ2v) is 6.86. The van der Waals surface area contributed by atoms with E-state index < -0.39 is 0 Å². The molecule has 1 rings (SSSR count). The van der Waals surface area contributed by atoms with Gasteiger partial charge < -0.3 is 42.6 Å². The molecule has 0 bridgehead atoms. The molecule has 0 saturated heterocycles. The number of aldehydes is 1. The molecule has 0 saturated carbocycles. The lowest BCUT2D eigenvalue weighted by Gasteiger charge is -2.09. The standard InChI is InChI=1S/C25H40O10/c1-2-27-7-8-28-9-10-29-11-12-30-13-14-31-15-16-32-17-18-33-19-20-34-21-22-35-25-5-3-24(23-26)4-6-25/h2-6,23H,1,7-22H2. The lowest BCUT2D eigenvalue weighted by molar-refractivity contribution is -0.0222. The minimum absolute atomic E-state index is 0.436. The van der Waals surface area contributed by atoms with Crippen molar-refractivity contribution >= 4 is 6.29 Å². The number of hydrogen-bond donors (Lipinski definition) is 0. The normalized spacial score (nSPS) is 10.9. The summed E-state index contributed by atoms with van der Waals surface area (Å²) in [5.41, 5.74) is 0.620. The van der Waals surface area contributed by atoms with E-state index in [1.807, 2.05) is 0 Å². The van der Waals surface area contributed by atoms with Gasteiger partial charge in [0.25, 0.3) is 0 Å². The van der Waals surface area contributed by atoms with E-state index in [0.717, 1.165) is 6.29 Å².